The minimum atomic E-state index is -0.0395. The van der Waals surface area contributed by atoms with E-state index >= 15 is 0 Å². The van der Waals surface area contributed by atoms with Gasteiger partial charge in [0.2, 0.25) is 0 Å². The van der Waals surface area contributed by atoms with Gasteiger partial charge in [0.25, 0.3) is 5.91 Å². The van der Waals surface area contributed by atoms with Gasteiger partial charge in [-0.05, 0) is 13.3 Å². The number of carbonyl (C=O) groups excluding carboxylic acids is 1. The van der Waals surface area contributed by atoms with Crippen LogP contribution in [0.3, 0.4) is 0 Å². The van der Waals surface area contributed by atoms with Crippen molar-refractivity contribution >= 4 is 17.2 Å². The zero-order valence-electron chi connectivity index (χ0n) is 15.4. The van der Waals surface area contributed by atoms with Crippen LogP contribution in [0, 0.1) is 6.92 Å². The quantitative estimate of drug-likeness (QED) is 0.840. The Morgan fingerprint density at radius 2 is 2.08 bits per heavy atom. The zero-order chi connectivity index (χ0) is 18.0. The molecule has 0 aromatic carbocycles. The lowest BCUT2D eigenvalue weighted by molar-refractivity contribution is 0.0750. The molecule has 2 aromatic heterocycles. The summed E-state index contributed by atoms with van der Waals surface area (Å²) in [7, 11) is 0. The highest BCUT2D eigenvalue weighted by molar-refractivity contribution is 7.09. The molecule has 25 heavy (non-hydrogen) atoms. The average molecular weight is 362 g/mol. The molecular formula is C18H26N4O2S. The highest BCUT2D eigenvalue weighted by Crippen LogP contribution is 2.26. The van der Waals surface area contributed by atoms with Gasteiger partial charge in [0, 0.05) is 49.6 Å². The second-order valence-corrected chi connectivity index (χ2v) is 8.50. The molecule has 2 aromatic rings. The smallest absolute Gasteiger partial charge is 0.276 e. The lowest BCUT2D eigenvalue weighted by Crippen LogP contribution is -2.35. The molecule has 0 bridgehead atoms. The molecule has 0 unspecified atom stereocenters. The van der Waals surface area contributed by atoms with E-state index in [0.717, 1.165) is 38.3 Å². The normalized spacial score (nSPS) is 16.9. The number of amides is 1. The van der Waals surface area contributed by atoms with Crippen LogP contribution >= 0.6 is 11.3 Å². The van der Waals surface area contributed by atoms with Gasteiger partial charge in [-0.25, -0.2) is 4.98 Å². The average Bonchev–Trinajstić information content (AvgIpc) is 3.12. The van der Waals surface area contributed by atoms with Crippen molar-refractivity contribution in [1.82, 2.24) is 19.9 Å². The van der Waals surface area contributed by atoms with Crippen LogP contribution in [-0.2, 0) is 12.0 Å². The Kier molecular flexibility index (Phi) is 5.24. The Bertz CT molecular complexity index is 732. The monoisotopic (exact) mass is 362 g/mol. The van der Waals surface area contributed by atoms with Crippen LogP contribution in [0.25, 0.3) is 0 Å². The van der Waals surface area contributed by atoms with E-state index in [1.807, 2.05) is 4.90 Å². The number of carbonyl (C=O) groups is 1. The molecule has 1 aliphatic heterocycles. The Hall–Kier alpha value is -1.73. The van der Waals surface area contributed by atoms with E-state index in [1.165, 1.54) is 5.01 Å². The van der Waals surface area contributed by atoms with Gasteiger partial charge in [0.1, 0.15) is 5.76 Å². The number of hydrogen-bond acceptors (Lipinski definition) is 6. The van der Waals surface area contributed by atoms with Crippen molar-refractivity contribution in [2.24, 2.45) is 0 Å². The summed E-state index contributed by atoms with van der Waals surface area (Å²) in [6.07, 6.45) is 0.957. The molecule has 0 spiro atoms. The van der Waals surface area contributed by atoms with Gasteiger partial charge in [-0.1, -0.05) is 25.9 Å². The summed E-state index contributed by atoms with van der Waals surface area (Å²) in [4.78, 5) is 21.6. The second-order valence-electron chi connectivity index (χ2n) is 7.64. The molecule has 1 fully saturated rings. The minimum Gasteiger partial charge on any atom is -0.361 e. The summed E-state index contributed by atoms with van der Waals surface area (Å²) in [6, 6.07) is 1.70. The third-order valence-electron chi connectivity index (χ3n) is 4.30. The molecule has 0 radical (unpaired) electrons. The van der Waals surface area contributed by atoms with E-state index in [9.17, 15) is 4.79 Å². The summed E-state index contributed by atoms with van der Waals surface area (Å²) in [5, 5.41) is 7.18. The number of hydrogen-bond donors (Lipinski definition) is 0. The number of aryl methyl sites for hydroxylation is 1. The molecule has 1 amide bonds. The van der Waals surface area contributed by atoms with Crippen molar-refractivity contribution in [3.63, 3.8) is 0 Å². The van der Waals surface area contributed by atoms with E-state index < -0.39 is 0 Å². The van der Waals surface area contributed by atoms with Crippen LogP contribution < -0.4 is 0 Å². The molecule has 1 aliphatic rings. The standard InChI is InChI=1S/C18H26N4O2S/c1-13-10-15(20-24-13)16(23)22-7-5-6-21(8-9-22)11-14-12-25-17(19-14)18(2,3)4/h10,12H,5-9,11H2,1-4H3. The SMILES string of the molecule is Cc1cc(C(=O)N2CCCN(Cc3csc(C(C)(C)C)n3)CC2)no1. The van der Waals surface area contributed by atoms with E-state index in [2.05, 4.69) is 36.2 Å². The Balaban J connectivity index is 1.58. The molecule has 0 aliphatic carbocycles. The lowest BCUT2D eigenvalue weighted by Gasteiger charge is -2.20. The zero-order valence-corrected chi connectivity index (χ0v) is 16.2. The van der Waals surface area contributed by atoms with Crippen LogP contribution in [0.5, 0.6) is 0 Å². The predicted octanol–water partition coefficient (Wildman–Crippen LogP) is 3.09. The fraction of sp³-hybridized carbons (Fsp3) is 0.611. The first-order valence-corrected chi connectivity index (χ1v) is 9.61. The van der Waals surface area contributed by atoms with Gasteiger partial charge >= 0.3 is 0 Å². The van der Waals surface area contributed by atoms with Crippen LogP contribution in [0.2, 0.25) is 0 Å². The highest BCUT2D eigenvalue weighted by atomic mass is 32.1. The van der Waals surface area contributed by atoms with Crippen LogP contribution in [-0.4, -0.2) is 52.0 Å². The number of aromatic nitrogens is 2. The van der Waals surface area contributed by atoms with Crippen LogP contribution in [0.4, 0.5) is 0 Å². The summed E-state index contributed by atoms with van der Waals surface area (Å²) in [5.41, 5.74) is 1.63. The maximum atomic E-state index is 12.5. The largest absolute Gasteiger partial charge is 0.361 e. The third kappa shape index (κ3) is 4.46. The summed E-state index contributed by atoms with van der Waals surface area (Å²) in [6.45, 7) is 12.5. The van der Waals surface area contributed by atoms with Crippen molar-refractivity contribution in [2.45, 2.75) is 46.1 Å². The van der Waals surface area contributed by atoms with E-state index in [1.54, 1.807) is 24.3 Å². The van der Waals surface area contributed by atoms with Gasteiger partial charge in [-0.2, -0.15) is 0 Å². The third-order valence-corrected chi connectivity index (χ3v) is 5.62. The van der Waals surface area contributed by atoms with E-state index in [-0.39, 0.29) is 11.3 Å². The first-order valence-electron chi connectivity index (χ1n) is 8.73. The van der Waals surface area contributed by atoms with Crippen molar-refractivity contribution in [1.29, 1.82) is 0 Å². The maximum absolute atomic E-state index is 12.5. The van der Waals surface area contributed by atoms with Crippen molar-refractivity contribution in [3.8, 4) is 0 Å². The molecule has 7 heteroatoms. The van der Waals surface area contributed by atoms with Gasteiger partial charge in [0.05, 0.1) is 10.7 Å². The number of nitrogens with zero attached hydrogens (tertiary/aromatic N) is 4. The molecule has 6 nitrogen and oxygen atoms in total. The Labute approximate surface area is 152 Å². The lowest BCUT2D eigenvalue weighted by atomic mass is 9.98. The molecule has 0 atom stereocenters. The van der Waals surface area contributed by atoms with Gasteiger partial charge in [0.15, 0.2) is 5.69 Å². The van der Waals surface area contributed by atoms with Gasteiger partial charge < -0.3 is 9.42 Å². The van der Waals surface area contributed by atoms with Crippen molar-refractivity contribution < 1.29 is 9.32 Å². The first-order chi connectivity index (χ1) is 11.8. The van der Waals surface area contributed by atoms with Crippen LogP contribution in [0.15, 0.2) is 16.0 Å². The molecule has 3 rings (SSSR count). The molecule has 3 heterocycles. The summed E-state index contributed by atoms with van der Waals surface area (Å²) >= 11 is 1.73. The number of rotatable bonds is 3. The number of thiazole rings is 1. The van der Waals surface area contributed by atoms with Crippen LogP contribution in [0.1, 0.15) is 54.1 Å². The maximum Gasteiger partial charge on any atom is 0.276 e. The fourth-order valence-corrected chi connectivity index (χ4v) is 3.81. The molecule has 136 valence electrons. The Morgan fingerprint density at radius 1 is 1.28 bits per heavy atom. The first kappa shape index (κ1) is 18.1. The molecule has 0 N–H and O–H groups in total. The van der Waals surface area contributed by atoms with Gasteiger partial charge in [-0.3, -0.25) is 9.69 Å². The second kappa shape index (κ2) is 7.25. The molecular weight excluding hydrogens is 336 g/mol. The highest BCUT2D eigenvalue weighted by Gasteiger charge is 2.23. The summed E-state index contributed by atoms with van der Waals surface area (Å²) < 4.78 is 5.02. The topological polar surface area (TPSA) is 62.5 Å². The van der Waals surface area contributed by atoms with E-state index in [4.69, 9.17) is 9.51 Å². The fourth-order valence-electron chi connectivity index (χ4n) is 2.91. The minimum absolute atomic E-state index is 0.0395. The molecule has 1 saturated heterocycles. The predicted molar refractivity (Wildman–Crippen MR) is 97.9 cm³/mol. The Morgan fingerprint density at radius 3 is 2.72 bits per heavy atom. The summed E-state index contributed by atoms with van der Waals surface area (Å²) in [5.74, 6) is 0.625. The molecule has 0 saturated carbocycles. The van der Waals surface area contributed by atoms with Crippen molar-refractivity contribution in [3.05, 3.63) is 33.6 Å². The van der Waals surface area contributed by atoms with Gasteiger partial charge in [-0.15, -0.1) is 11.3 Å². The van der Waals surface area contributed by atoms with E-state index in [0.29, 0.717) is 18.0 Å². The van der Waals surface area contributed by atoms with Crippen molar-refractivity contribution in [2.75, 3.05) is 26.2 Å².